The van der Waals surface area contributed by atoms with E-state index < -0.39 is 17.8 Å². The molecule has 1 aromatic heterocycles. The Balaban J connectivity index is 1.64. The lowest BCUT2D eigenvalue weighted by atomic mass is 10.2. The van der Waals surface area contributed by atoms with Crippen molar-refractivity contribution < 1.29 is 18.4 Å². The molecule has 0 bridgehead atoms. The summed E-state index contributed by atoms with van der Waals surface area (Å²) < 4.78 is 19.1. The molecule has 144 valence electrons. The second-order valence-electron chi connectivity index (χ2n) is 5.94. The second kappa shape index (κ2) is 8.58. The van der Waals surface area contributed by atoms with Crippen molar-refractivity contribution in [1.29, 1.82) is 0 Å². The van der Waals surface area contributed by atoms with Crippen LogP contribution in [0.4, 0.5) is 20.6 Å². The quantitative estimate of drug-likeness (QED) is 0.565. The van der Waals surface area contributed by atoms with Crippen molar-refractivity contribution in [2.45, 2.75) is 13.5 Å². The van der Waals surface area contributed by atoms with Crippen LogP contribution in [0, 0.1) is 12.7 Å². The van der Waals surface area contributed by atoms with Crippen LogP contribution < -0.4 is 16.0 Å². The number of aryl methyl sites for hydroxylation is 1. The molecule has 0 aliphatic heterocycles. The van der Waals surface area contributed by atoms with Crippen molar-refractivity contribution in [1.82, 2.24) is 5.32 Å². The molecule has 0 radical (unpaired) electrons. The lowest BCUT2D eigenvalue weighted by Crippen LogP contribution is -2.28. The van der Waals surface area contributed by atoms with E-state index in [0.717, 1.165) is 11.6 Å². The predicted molar refractivity (Wildman–Crippen MR) is 105 cm³/mol. The molecular weight excluding hydrogens is 385 g/mol. The van der Waals surface area contributed by atoms with E-state index in [0.29, 0.717) is 22.0 Å². The van der Waals surface area contributed by atoms with Gasteiger partial charge in [0.25, 0.3) is 5.91 Å². The Bertz CT molecular complexity index is 1020. The minimum absolute atomic E-state index is 0.0606. The van der Waals surface area contributed by atoms with Crippen LogP contribution in [0.1, 0.15) is 21.7 Å². The zero-order valence-electron chi connectivity index (χ0n) is 14.9. The molecule has 8 heteroatoms. The smallest absolute Gasteiger partial charge is 0.319 e. The monoisotopic (exact) mass is 401 g/mol. The Kier molecular flexibility index (Phi) is 5.96. The van der Waals surface area contributed by atoms with Crippen LogP contribution in [0.2, 0.25) is 5.02 Å². The lowest BCUT2D eigenvalue weighted by Gasteiger charge is -2.11. The zero-order chi connectivity index (χ0) is 20.1. The van der Waals surface area contributed by atoms with Gasteiger partial charge in [0, 0.05) is 17.3 Å². The van der Waals surface area contributed by atoms with Crippen molar-refractivity contribution in [2.75, 3.05) is 10.6 Å². The Morgan fingerprint density at radius 3 is 2.61 bits per heavy atom. The van der Waals surface area contributed by atoms with Gasteiger partial charge < -0.3 is 20.4 Å². The average molecular weight is 402 g/mol. The fourth-order valence-electron chi connectivity index (χ4n) is 2.50. The number of rotatable bonds is 5. The number of hydrogen-bond donors (Lipinski definition) is 3. The van der Waals surface area contributed by atoms with Gasteiger partial charge >= 0.3 is 6.03 Å². The number of anilines is 2. The van der Waals surface area contributed by atoms with E-state index >= 15 is 0 Å². The minimum Gasteiger partial charge on any atom is -0.469 e. The van der Waals surface area contributed by atoms with Crippen LogP contribution in [-0.4, -0.2) is 11.9 Å². The molecule has 0 aliphatic carbocycles. The van der Waals surface area contributed by atoms with Crippen molar-refractivity contribution in [2.24, 2.45) is 0 Å². The summed E-state index contributed by atoms with van der Waals surface area (Å²) in [6.45, 7) is 1.86. The zero-order valence-corrected chi connectivity index (χ0v) is 15.6. The number of hydrogen-bond acceptors (Lipinski definition) is 3. The molecule has 3 N–H and O–H groups in total. The number of urea groups is 1. The fourth-order valence-corrected chi connectivity index (χ4v) is 2.70. The Morgan fingerprint density at radius 2 is 1.89 bits per heavy atom. The van der Waals surface area contributed by atoms with Gasteiger partial charge in [-0.2, -0.15) is 0 Å². The molecule has 2 aromatic carbocycles. The van der Waals surface area contributed by atoms with Crippen LogP contribution >= 0.6 is 11.6 Å². The maximum atomic E-state index is 14.0. The molecule has 0 fully saturated rings. The molecular formula is C20H17ClFN3O3. The van der Waals surface area contributed by atoms with Crippen molar-refractivity contribution >= 4 is 34.9 Å². The van der Waals surface area contributed by atoms with Crippen LogP contribution in [0.25, 0.3) is 0 Å². The standard InChI is InChI=1S/C20H17ClFN3O3/c1-12-15(8-9-28-12)19(26)25-18-10-14(6-7-17(18)22)24-20(27)23-11-13-4-2-3-5-16(13)21/h2-10H,11H2,1H3,(H,25,26)(H2,23,24,27). The van der Waals surface area contributed by atoms with Gasteiger partial charge in [-0.1, -0.05) is 29.8 Å². The highest BCUT2D eigenvalue weighted by Gasteiger charge is 2.14. The largest absolute Gasteiger partial charge is 0.469 e. The number of benzene rings is 2. The Morgan fingerprint density at radius 1 is 1.11 bits per heavy atom. The van der Waals surface area contributed by atoms with Crippen LogP contribution in [0.5, 0.6) is 0 Å². The molecule has 0 atom stereocenters. The summed E-state index contributed by atoms with van der Waals surface area (Å²) in [4.78, 5) is 24.3. The third kappa shape index (κ3) is 4.69. The van der Waals surface area contributed by atoms with E-state index in [4.69, 9.17) is 16.0 Å². The number of carbonyl (C=O) groups excluding carboxylic acids is 2. The van der Waals surface area contributed by atoms with Gasteiger partial charge in [0.05, 0.1) is 17.5 Å². The van der Waals surface area contributed by atoms with E-state index in [9.17, 15) is 14.0 Å². The summed E-state index contributed by atoms with van der Waals surface area (Å²) in [5.74, 6) is -0.715. The average Bonchev–Trinajstić information content (AvgIpc) is 3.10. The number of furan rings is 1. The molecule has 3 amide bonds. The molecule has 3 rings (SSSR count). The first-order chi connectivity index (χ1) is 13.4. The molecule has 0 spiro atoms. The van der Waals surface area contributed by atoms with Crippen LogP contribution in [0.15, 0.2) is 59.2 Å². The van der Waals surface area contributed by atoms with Gasteiger partial charge in [-0.05, 0) is 42.8 Å². The number of halogens is 2. The summed E-state index contributed by atoms with van der Waals surface area (Å²) >= 11 is 6.05. The number of nitrogens with one attached hydrogen (secondary N) is 3. The van der Waals surface area contributed by atoms with E-state index in [2.05, 4.69) is 16.0 Å². The van der Waals surface area contributed by atoms with Crippen LogP contribution in [0.3, 0.4) is 0 Å². The minimum atomic E-state index is -0.628. The van der Waals surface area contributed by atoms with Gasteiger partial charge in [-0.15, -0.1) is 0 Å². The maximum Gasteiger partial charge on any atom is 0.319 e. The SMILES string of the molecule is Cc1occc1C(=O)Nc1cc(NC(=O)NCc2ccccc2Cl)ccc1F. The normalized spacial score (nSPS) is 10.4. The summed E-state index contributed by atoms with van der Waals surface area (Å²) in [7, 11) is 0. The van der Waals surface area contributed by atoms with Gasteiger partial charge in [-0.25, -0.2) is 9.18 Å². The molecule has 1 heterocycles. The fraction of sp³-hybridized carbons (Fsp3) is 0.100. The summed E-state index contributed by atoms with van der Waals surface area (Å²) in [6, 6.07) is 12.0. The number of carbonyl (C=O) groups is 2. The molecule has 3 aromatic rings. The second-order valence-corrected chi connectivity index (χ2v) is 6.35. The highest BCUT2D eigenvalue weighted by Crippen LogP contribution is 2.21. The van der Waals surface area contributed by atoms with Crippen molar-refractivity contribution in [3.63, 3.8) is 0 Å². The van der Waals surface area contributed by atoms with Gasteiger partial charge in [0.1, 0.15) is 11.6 Å². The predicted octanol–water partition coefficient (Wildman–Crippen LogP) is 4.95. The summed E-state index contributed by atoms with van der Waals surface area (Å²) in [6.07, 6.45) is 1.38. The van der Waals surface area contributed by atoms with E-state index in [1.54, 1.807) is 25.1 Å². The third-order valence-corrected chi connectivity index (χ3v) is 4.34. The third-order valence-electron chi connectivity index (χ3n) is 3.97. The maximum absolute atomic E-state index is 14.0. The van der Waals surface area contributed by atoms with Crippen molar-refractivity contribution in [3.05, 3.63) is 82.5 Å². The Hall–Kier alpha value is -3.32. The van der Waals surface area contributed by atoms with E-state index in [-0.39, 0.29) is 12.2 Å². The highest BCUT2D eigenvalue weighted by molar-refractivity contribution is 6.31. The van der Waals surface area contributed by atoms with E-state index in [1.807, 2.05) is 6.07 Å². The van der Waals surface area contributed by atoms with Gasteiger partial charge in [-0.3, -0.25) is 4.79 Å². The number of amides is 3. The summed E-state index contributed by atoms with van der Waals surface area (Å²) in [5.41, 5.74) is 1.32. The molecule has 0 unspecified atom stereocenters. The summed E-state index contributed by atoms with van der Waals surface area (Å²) in [5, 5.41) is 8.27. The van der Waals surface area contributed by atoms with Crippen LogP contribution in [-0.2, 0) is 6.54 Å². The highest BCUT2D eigenvalue weighted by atomic mass is 35.5. The first-order valence-corrected chi connectivity index (χ1v) is 8.75. The first-order valence-electron chi connectivity index (χ1n) is 8.37. The first kappa shape index (κ1) is 19.4. The van der Waals surface area contributed by atoms with Crippen molar-refractivity contribution in [3.8, 4) is 0 Å². The van der Waals surface area contributed by atoms with E-state index in [1.165, 1.54) is 24.5 Å². The Labute approximate surface area is 165 Å². The lowest BCUT2D eigenvalue weighted by molar-refractivity contribution is 0.102. The molecule has 0 aliphatic rings. The molecule has 0 saturated carbocycles. The molecule has 6 nitrogen and oxygen atoms in total. The molecule has 0 saturated heterocycles. The van der Waals surface area contributed by atoms with Gasteiger partial charge in [0.15, 0.2) is 0 Å². The topological polar surface area (TPSA) is 83.4 Å². The van der Waals surface area contributed by atoms with Gasteiger partial charge in [0.2, 0.25) is 0 Å². The molecule has 28 heavy (non-hydrogen) atoms.